The van der Waals surface area contributed by atoms with Crippen molar-refractivity contribution in [2.45, 2.75) is 13.8 Å². The topological polar surface area (TPSA) is 61.8 Å². The van der Waals surface area contributed by atoms with Gasteiger partial charge in [-0.2, -0.15) is 0 Å². The molecule has 1 aromatic heterocycles. The molecule has 2 aromatic rings. The van der Waals surface area contributed by atoms with E-state index in [0.29, 0.717) is 10.6 Å². The van der Waals surface area contributed by atoms with Crippen LogP contribution in [0.25, 0.3) is 12.2 Å². The number of esters is 2. The van der Waals surface area contributed by atoms with E-state index in [9.17, 15) is 9.59 Å². The van der Waals surface area contributed by atoms with Crippen molar-refractivity contribution in [1.29, 1.82) is 0 Å². The molecule has 132 valence electrons. The highest BCUT2D eigenvalue weighted by Crippen LogP contribution is 2.36. The summed E-state index contributed by atoms with van der Waals surface area (Å²) in [5.41, 5.74) is 1.82. The van der Waals surface area contributed by atoms with E-state index >= 15 is 0 Å². The maximum atomic E-state index is 12.0. The van der Waals surface area contributed by atoms with Crippen LogP contribution >= 0.6 is 11.3 Å². The summed E-state index contributed by atoms with van der Waals surface area (Å²) in [5.74, 6) is -0.616. The summed E-state index contributed by atoms with van der Waals surface area (Å²) in [7, 11) is 1.31. The van der Waals surface area contributed by atoms with Crippen molar-refractivity contribution >= 4 is 35.4 Å². The number of rotatable bonds is 7. The molecule has 2 rings (SSSR count). The number of methoxy groups -OCH3 is 1. The van der Waals surface area contributed by atoms with E-state index in [1.54, 1.807) is 6.92 Å². The zero-order valence-corrected chi connectivity index (χ0v) is 15.2. The number of benzene rings is 1. The Labute approximate surface area is 150 Å². The minimum atomic E-state index is -0.494. The number of carbonyl (C=O) groups is 2. The Morgan fingerprint density at radius 1 is 1.16 bits per heavy atom. The molecule has 0 amide bonds. The predicted octanol–water partition coefficient (Wildman–Crippen LogP) is 3.96. The average molecular weight is 360 g/mol. The van der Waals surface area contributed by atoms with Crippen LogP contribution in [0.1, 0.15) is 32.6 Å². The minimum absolute atomic E-state index is 0.253. The lowest BCUT2D eigenvalue weighted by Gasteiger charge is -2.07. The third kappa shape index (κ3) is 4.93. The van der Waals surface area contributed by atoms with Gasteiger partial charge in [-0.15, -0.1) is 11.3 Å². The molecule has 25 heavy (non-hydrogen) atoms. The van der Waals surface area contributed by atoms with Gasteiger partial charge in [0.05, 0.1) is 13.7 Å². The molecule has 5 nitrogen and oxygen atoms in total. The molecule has 0 radical (unpaired) electrons. The van der Waals surface area contributed by atoms with Crippen LogP contribution in [0.15, 0.2) is 30.3 Å². The van der Waals surface area contributed by atoms with E-state index in [0.717, 1.165) is 16.0 Å². The quantitative estimate of drug-likeness (QED) is 0.700. The average Bonchev–Trinajstić information content (AvgIpc) is 2.94. The third-order valence-electron chi connectivity index (χ3n) is 3.37. The highest BCUT2D eigenvalue weighted by atomic mass is 32.1. The molecule has 0 spiro atoms. The van der Waals surface area contributed by atoms with Gasteiger partial charge in [0.15, 0.2) is 11.5 Å². The maximum Gasteiger partial charge on any atom is 0.351 e. The van der Waals surface area contributed by atoms with Crippen LogP contribution in [0, 0.1) is 6.92 Å². The predicted molar refractivity (Wildman–Crippen MR) is 97.9 cm³/mol. The Morgan fingerprint density at radius 2 is 1.88 bits per heavy atom. The highest BCUT2D eigenvalue weighted by Gasteiger charge is 2.22. The first-order valence-electron chi connectivity index (χ1n) is 7.80. The second-order valence-electron chi connectivity index (χ2n) is 5.08. The Balaban J connectivity index is 2.27. The molecule has 6 heteroatoms. The van der Waals surface area contributed by atoms with Crippen LogP contribution in [0.2, 0.25) is 0 Å². The summed E-state index contributed by atoms with van der Waals surface area (Å²) >= 11 is 1.26. The number of hydrogen-bond donors (Lipinski definition) is 0. The fraction of sp³-hybridized carbons (Fsp3) is 0.263. The molecule has 0 saturated heterocycles. The summed E-state index contributed by atoms with van der Waals surface area (Å²) < 4.78 is 15.2. The number of carbonyl (C=O) groups excluding carboxylic acids is 2. The molecule has 0 aliphatic heterocycles. The molecule has 0 aliphatic carbocycles. The van der Waals surface area contributed by atoms with Gasteiger partial charge in [0, 0.05) is 10.4 Å². The van der Waals surface area contributed by atoms with E-state index in [2.05, 4.69) is 0 Å². The number of thiophene rings is 1. The molecule has 0 fully saturated rings. The van der Waals surface area contributed by atoms with Gasteiger partial charge >= 0.3 is 11.9 Å². The summed E-state index contributed by atoms with van der Waals surface area (Å²) in [6, 6.07) is 9.82. The van der Waals surface area contributed by atoms with Crippen LogP contribution in [-0.4, -0.2) is 32.3 Å². The van der Waals surface area contributed by atoms with E-state index in [4.69, 9.17) is 14.2 Å². The largest absolute Gasteiger partial charge is 0.480 e. The smallest absolute Gasteiger partial charge is 0.351 e. The first-order chi connectivity index (χ1) is 12.1. The first-order valence-corrected chi connectivity index (χ1v) is 8.61. The van der Waals surface area contributed by atoms with Crippen molar-refractivity contribution in [1.82, 2.24) is 0 Å². The van der Waals surface area contributed by atoms with E-state index < -0.39 is 11.9 Å². The van der Waals surface area contributed by atoms with Crippen molar-refractivity contribution in [2.24, 2.45) is 0 Å². The lowest BCUT2D eigenvalue weighted by atomic mass is 10.2. The highest BCUT2D eigenvalue weighted by molar-refractivity contribution is 7.15. The third-order valence-corrected chi connectivity index (χ3v) is 4.58. The Bertz CT molecular complexity index is 762. The standard InChI is InChI=1S/C19H20O5S/c1-4-23-16(20)12-24-17-13(2)15(25-18(17)19(21)22-3)11-10-14-8-6-5-7-9-14/h5-11H,4,12H2,1-3H3. The SMILES string of the molecule is CCOC(=O)COc1c(C(=O)OC)sc(C=Cc2ccccc2)c1C. The van der Waals surface area contributed by atoms with E-state index in [-0.39, 0.29) is 13.2 Å². The molecule has 0 N–H and O–H groups in total. The number of ether oxygens (including phenoxy) is 3. The summed E-state index contributed by atoms with van der Waals surface area (Å²) in [6.45, 7) is 3.59. The van der Waals surface area contributed by atoms with E-state index in [1.807, 2.05) is 49.4 Å². The second kappa shape index (κ2) is 9.03. The molecule has 0 aliphatic rings. The van der Waals surface area contributed by atoms with Crippen LogP contribution < -0.4 is 4.74 Å². The van der Waals surface area contributed by atoms with Gasteiger partial charge in [-0.25, -0.2) is 9.59 Å². The summed E-state index contributed by atoms with van der Waals surface area (Å²) in [5, 5.41) is 0. The van der Waals surface area contributed by atoms with Gasteiger partial charge in [0.1, 0.15) is 5.75 Å². The molecular formula is C19H20O5S. The van der Waals surface area contributed by atoms with Crippen molar-refractivity contribution in [3.05, 3.63) is 51.2 Å². The van der Waals surface area contributed by atoms with Gasteiger partial charge in [0.25, 0.3) is 0 Å². The van der Waals surface area contributed by atoms with Gasteiger partial charge in [-0.1, -0.05) is 36.4 Å². The minimum Gasteiger partial charge on any atom is -0.480 e. The van der Waals surface area contributed by atoms with Gasteiger partial charge in [-0.05, 0) is 25.5 Å². The summed E-state index contributed by atoms with van der Waals surface area (Å²) in [4.78, 5) is 24.7. The summed E-state index contributed by atoms with van der Waals surface area (Å²) in [6.07, 6.45) is 3.87. The zero-order chi connectivity index (χ0) is 18.2. The monoisotopic (exact) mass is 360 g/mol. The van der Waals surface area contributed by atoms with Crippen LogP contribution in [0.5, 0.6) is 5.75 Å². The van der Waals surface area contributed by atoms with Crippen LogP contribution in [-0.2, 0) is 14.3 Å². The van der Waals surface area contributed by atoms with Crippen molar-refractivity contribution < 1.29 is 23.8 Å². The lowest BCUT2D eigenvalue weighted by molar-refractivity contribution is -0.145. The molecule has 0 unspecified atom stereocenters. The van der Waals surface area contributed by atoms with Crippen LogP contribution in [0.3, 0.4) is 0 Å². The molecule has 0 saturated carbocycles. The first kappa shape index (κ1) is 18.7. The fourth-order valence-corrected chi connectivity index (χ4v) is 3.22. The second-order valence-corrected chi connectivity index (χ2v) is 6.13. The Kier molecular flexibility index (Phi) is 6.77. The van der Waals surface area contributed by atoms with Gasteiger partial charge < -0.3 is 14.2 Å². The Hall–Kier alpha value is -2.60. The fourth-order valence-electron chi connectivity index (χ4n) is 2.14. The van der Waals surface area contributed by atoms with Gasteiger partial charge in [-0.3, -0.25) is 0 Å². The normalized spacial score (nSPS) is 10.7. The van der Waals surface area contributed by atoms with Crippen LogP contribution in [0.4, 0.5) is 0 Å². The molecule has 0 atom stereocenters. The van der Waals surface area contributed by atoms with Crippen molar-refractivity contribution in [3.8, 4) is 5.75 Å². The lowest BCUT2D eigenvalue weighted by Crippen LogP contribution is -2.15. The van der Waals surface area contributed by atoms with Crippen molar-refractivity contribution in [3.63, 3.8) is 0 Å². The molecular weight excluding hydrogens is 340 g/mol. The number of hydrogen-bond acceptors (Lipinski definition) is 6. The van der Waals surface area contributed by atoms with Crippen molar-refractivity contribution in [2.75, 3.05) is 20.3 Å². The van der Waals surface area contributed by atoms with E-state index in [1.165, 1.54) is 18.4 Å². The van der Waals surface area contributed by atoms with Gasteiger partial charge in [0.2, 0.25) is 0 Å². The molecule has 1 aromatic carbocycles. The molecule has 1 heterocycles. The maximum absolute atomic E-state index is 12.0. The zero-order valence-electron chi connectivity index (χ0n) is 14.4. The Morgan fingerprint density at radius 3 is 2.52 bits per heavy atom. The molecule has 0 bridgehead atoms.